The third-order valence-electron chi connectivity index (χ3n) is 4.32. The molecule has 0 spiro atoms. The summed E-state index contributed by atoms with van der Waals surface area (Å²) in [5.74, 6) is -0.330. The van der Waals surface area contributed by atoms with Crippen molar-refractivity contribution < 1.29 is 9.59 Å². The van der Waals surface area contributed by atoms with Gasteiger partial charge in [0.15, 0.2) is 0 Å². The van der Waals surface area contributed by atoms with Crippen molar-refractivity contribution in [3.8, 4) is 0 Å². The van der Waals surface area contributed by atoms with E-state index in [-0.39, 0.29) is 23.9 Å². The highest BCUT2D eigenvalue weighted by Gasteiger charge is 2.37. The molecule has 1 aliphatic carbocycles. The average Bonchev–Trinajstić information content (AvgIpc) is 2.66. The second kappa shape index (κ2) is 7.65. The summed E-state index contributed by atoms with van der Waals surface area (Å²) in [6.45, 7) is 7.38. The Balaban J connectivity index is 2.56. The highest BCUT2D eigenvalue weighted by molar-refractivity contribution is 6.04. The molecule has 0 aromatic heterocycles. The molecule has 1 unspecified atom stereocenters. The van der Waals surface area contributed by atoms with Gasteiger partial charge in [-0.15, -0.1) is 0 Å². The van der Waals surface area contributed by atoms with Crippen molar-refractivity contribution >= 4 is 11.8 Å². The van der Waals surface area contributed by atoms with Gasteiger partial charge in [-0.1, -0.05) is 32.6 Å². The van der Waals surface area contributed by atoms with Crippen molar-refractivity contribution in [2.45, 2.75) is 84.7 Å². The van der Waals surface area contributed by atoms with E-state index in [4.69, 9.17) is 0 Å². The van der Waals surface area contributed by atoms with Gasteiger partial charge in [0.2, 0.25) is 11.8 Å². The van der Waals surface area contributed by atoms with Gasteiger partial charge in [-0.2, -0.15) is 0 Å². The lowest BCUT2D eigenvalue weighted by atomic mass is 9.90. The molecule has 2 N–H and O–H groups in total. The van der Waals surface area contributed by atoms with Crippen LogP contribution in [0.4, 0.5) is 0 Å². The van der Waals surface area contributed by atoms with Crippen LogP contribution in [0, 0.1) is 5.41 Å². The Morgan fingerprint density at radius 1 is 1.10 bits per heavy atom. The summed E-state index contributed by atoms with van der Waals surface area (Å²) in [6.07, 6.45) is 7.79. The molecule has 4 nitrogen and oxygen atoms in total. The van der Waals surface area contributed by atoms with Crippen LogP contribution < -0.4 is 10.6 Å². The average molecular weight is 282 g/mol. The van der Waals surface area contributed by atoms with Crippen LogP contribution in [0.2, 0.25) is 0 Å². The van der Waals surface area contributed by atoms with Crippen molar-refractivity contribution in [3.63, 3.8) is 0 Å². The zero-order valence-corrected chi connectivity index (χ0v) is 13.4. The van der Waals surface area contributed by atoms with Gasteiger partial charge >= 0.3 is 0 Å². The number of carbonyl (C=O) groups is 2. The molecule has 0 radical (unpaired) electrons. The fourth-order valence-corrected chi connectivity index (χ4v) is 2.40. The molecule has 1 saturated carbocycles. The molecule has 116 valence electrons. The van der Waals surface area contributed by atoms with Crippen LogP contribution >= 0.6 is 0 Å². The van der Waals surface area contributed by atoms with E-state index in [1.165, 1.54) is 25.7 Å². The quantitative estimate of drug-likeness (QED) is 0.602. The maximum absolute atomic E-state index is 12.4. The van der Waals surface area contributed by atoms with Crippen LogP contribution in [0.5, 0.6) is 0 Å². The molecule has 0 aliphatic heterocycles. The predicted octanol–water partition coefficient (Wildman–Crippen LogP) is 2.77. The monoisotopic (exact) mass is 282 g/mol. The molecule has 1 aliphatic rings. The van der Waals surface area contributed by atoms with Gasteiger partial charge in [-0.25, -0.2) is 0 Å². The Hall–Kier alpha value is -1.06. The molecule has 2 amide bonds. The number of rotatable bonds is 5. The van der Waals surface area contributed by atoms with E-state index in [0.29, 0.717) is 0 Å². The molecule has 1 atom stereocenters. The molecule has 20 heavy (non-hydrogen) atoms. The van der Waals surface area contributed by atoms with Crippen LogP contribution in [0.1, 0.15) is 72.6 Å². The fourth-order valence-electron chi connectivity index (χ4n) is 2.40. The zero-order valence-electron chi connectivity index (χ0n) is 13.4. The Kier molecular flexibility index (Phi) is 6.50. The van der Waals surface area contributed by atoms with E-state index in [2.05, 4.69) is 10.6 Å². The number of carbonyl (C=O) groups excluding carboxylic acids is 2. The molecular weight excluding hydrogens is 252 g/mol. The maximum Gasteiger partial charge on any atom is 0.235 e. The molecule has 0 aromatic carbocycles. The van der Waals surface area contributed by atoms with E-state index in [9.17, 15) is 9.59 Å². The summed E-state index contributed by atoms with van der Waals surface area (Å²) in [5, 5.41) is 5.97. The molecule has 4 heteroatoms. The minimum Gasteiger partial charge on any atom is -0.353 e. The molecular formula is C16H30N2O2. The topological polar surface area (TPSA) is 58.2 Å². The largest absolute Gasteiger partial charge is 0.353 e. The van der Waals surface area contributed by atoms with Gasteiger partial charge in [0.1, 0.15) is 5.41 Å². The van der Waals surface area contributed by atoms with Crippen molar-refractivity contribution in [1.29, 1.82) is 0 Å². The van der Waals surface area contributed by atoms with Crippen molar-refractivity contribution in [2.24, 2.45) is 5.41 Å². The fraction of sp³-hybridized carbons (Fsp3) is 0.875. The zero-order chi connectivity index (χ0) is 15.2. The van der Waals surface area contributed by atoms with E-state index in [0.717, 1.165) is 19.3 Å². The number of nitrogens with one attached hydrogen (secondary N) is 2. The standard InChI is InChI=1S/C16H30N2O2/c1-5-12(2)17-14(19)16(3,4)15(20)18-13-10-8-6-7-9-11-13/h12-13H,5-11H2,1-4H3,(H,17,19)(H,18,20). The van der Waals surface area contributed by atoms with Crippen LogP contribution in [-0.2, 0) is 9.59 Å². The summed E-state index contributed by atoms with van der Waals surface area (Å²) in [7, 11) is 0. The lowest BCUT2D eigenvalue weighted by molar-refractivity contribution is -0.142. The number of hydrogen-bond acceptors (Lipinski definition) is 2. The van der Waals surface area contributed by atoms with Gasteiger partial charge in [0.05, 0.1) is 0 Å². The van der Waals surface area contributed by atoms with Crippen LogP contribution in [0.15, 0.2) is 0 Å². The molecule has 0 saturated heterocycles. The van der Waals surface area contributed by atoms with E-state index in [1.807, 2.05) is 13.8 Å². The maximum atomic E-state index is 12.4. The first-order valence-electron chi connectivity index (χ1n) is 7.99. The summed E-state index contributed by atoms with van der Waals surface area (Å²) in [4.78, 5) is 24.6. The third kappa shape index (κ3) is 4.80. The lowest BCUT2D eigenvalue weighted by Gasteiger charge is -2.27. The minimum atomic E-state index is -1.00. The van der Waals surface area contributed by atoms with Crippen molar-refractivity contribution in [2.75, 3.05) is 0 Å². The van der Waals surface area contributed by atoms with Crippen molar-refractivity contribution in [1.82, 2.24) is 10.6 Å². The Morgan fingerprint density at radius 3 is 2.15 bits per heavy atom. The van der Waals surface area contributed by atoms with Gasteiger partial charge in [-0.3, -0.25) is 9.59 Å². The number of amides is 2. The summed E-state index contributed by atoms with van der Waals surface area (Å²) < 4.78 is 0. The molecule has 0 aromatic rings. The second-order valence-electron chi connectivity index (χ2n) is 6.57. The normalized spacial score (nSPS) is 19.0. The van der Waals surface area contributed by atoms with Gasteiger partial charge in [0.25, 0.3) is 0 Å². The van der Waals surface area contributed by atoms with E-state index >= 15 is 0 Å². The Bertz CT molecular complexity index is 331. The second-order valence-corrected chi connectivity index (χ2v) is 6.57. The first-order chi connectivity index (χ1) is 9.37. The first kappa shape index (κ1) is 17.0. The van der Waals surface area contributed by atoms with Gasteiger partial charge < -0.3 is 10.6 Å². The highest BCUT2D eigenvalue weighted by atomic mass is 16.2. The first-order valence-corrected chi connectivity index (χ1v) is 7.99. The lowest BCUT2D eigenvalue weighted by Crippen LogP contribution is -2.51. The van der Waals surface area contributed by atoms with Crippen LogP contribution in [0.3, 0.4) is 0 Å². The number of hydrogen-bond donors (Lipinski definition) is 2. The summed E-state index contributed by atoms with van der Waals surface area (Å²) in [6, 6.07) is 0.341. The Labute approximate surface area is 123 Å². The Morgan fingerprint density at radius 2 is 1.65 bits per heavy atom. The smallest absolute Gasteiger partial charge is 0.235 e. The molecule has 0 bridgehead atoms. The van der Waals surface area contributed by atoms with Gasteiger partial charge in [-0.05, 0) is 40.0 Å². The predicted molar refractivity (Wildman–Crippen MR) is 81.3 cm³/mol. The van der Waals surface area contributed by atoms with E-state index < -0.39 is 5.41 Å². The molecule has 1 rings (SSSR count). The third-order valence-corrected chi connectivity index (χ3v) is 4.32. The van der Waals surface area contributed by atoms with E-state index in [1.54, 1.807) is 13.8 Å². The summed E-state index contributed by atoms with van der Waals surface area (Å²) >= 11 is 0. The SMILES string of the molecule is CCC(C)NC(=O)C(C)(C)C(=O)NC1CCCCCC1. The van der Waals surface area contributed by atoms with Crippen LogP contribution in [-0.4, -0.2) is 23.9 Å². The molecule has 1 fully saturated rings. The van der Waals surface area contributed by atoms with Crippen LogP contribution in [0.25, 0.3) is 0 Å². The minimum absolute atomic E-state index is 0.104. The highest BCUT2D eigenvalue weighted by Crippen LogP contribution is 2.21. The molecule has 0 heterocycles. The van der Waals surface area contributed by atoms with Crippen molar-refractivity contribution in [3.05, 3.63) is 0 Å². The van der Waals surface area contributed by atoms with Gasteiger partial charge in [0, 0.05) is 12.1 Å². The summed E-state index contributed by atoms with van der Waals surface area (Å²) in [5.41, 5.74) is -1.00.